The first kappa shape index (κ1) is 20.5. The molecular formula is C19H19N3O6S. The topological polar surface area (TPSA) is 119 Å². The third-order valence-corrected chi connectivity index (χ3v) is 5.50. The fourth-order valence-electron chi connectivity index (χ4n) is 3.17. The minimum atomic E-state index is -0.725. The Labute approximate surface area is 170 Å². The molecule has 0 unspecified atom stereocenters. The molecule has 0 bridgehead atoms. The summed E-state index contributed by atoms with van der Waals surface area (Å²) in [7, 11) is 0. The number of ether oxygens (including phenoxy) is 1. The molecule has 0 radical (unpaired) electrons. The molecule has 1 aliphatic rings. The van der Waals surface area contributed by atoms with Gasteiger partial charge < -0.3 is 15.0 Å². The summed E-state index contributed by atoms with van der Waals surface area (Å²) in [5.74, 6) is -1.48. The van der Waals surface area contributed by atoms with Gasteiger partial charge in [-0.3, -0.25) is 19.7 Å². The van der Waals surface area contributed by atoms with Gasteiger partial charge >= 0.3 is 5.97 Å². The van der Waals surface area contributed by atoms with Crippen LogP contribution >= 0.6 is 11.3 Å². The molecule has 2 amide bonds. The number of carbonyl (C=O) groups excluding carboxylic acids is 3. The van der Waals surface area contributed by atoms with Gasteiger partial charge in [-0.1, -0.05) is 12.1 Å². The number of carbonyl (C=O) groups is 3. The highest BCUT2D eigenvalue weighted by atomic mass is 32.1. The molecule has 152 valence electrons. The van der Waals surface area contributed by atoms with E-state index < -0.39 is 29.4 Å². The fourth-order valence-corrected chi connectivity index (χ4v) is 3.85. The number of rotatable bonds is 6. The van der Waals surface area contributed by atoms with Gasteiger partial charge in [-0.2, -0.15) is 0 Å². The number of esters is 1. The van der Waals surface area contributed by atoms with Crippen molar-refractivity contribution in [2.24, 2.45) is 0 Å². The first-order valence-corrected chi connectivity index (χ1v) is 9.81. The van der Waals surface area contributed by atoms with Crippen LogP contribution < -0.4 is 5.32 Å². The van der Waals surface area contributed by atoms with Crippen LogP contribution in [0.4, 0.5) is 11.4 Å². The molecular weight excluding hydrogens is 398 g/mol. The van der Waals surface area contributed by atoms with Gasteiger partial charge in [0.1, 0.15) is 6.04 Å². The Morgan fingerprint density at radius 1 is 1.31 bits per heavy atom. The standard InChI is InChI=1S/C19H19N3O6S/c1-12-13(5-2-6-14(12)22(26)27)20-17(23)11-28-19(25)15-7-3-9-21(15)18(24)16-8-4-10-29-16/h2,4-6,8,10,15H,3,7,9,11H2,1H3,(H,20,23)/t15-/m0/s1. The molecule has 2 heterocycles. The van der Waals surface area contributed by atoms with Gasteiger partial charge in [-0.05, 0) is 37.3 Å². The number of likely N-dealkylation sites (tertiary alicyclic amines) is 1. The van der Waals surface area contributed by atoms with Crippen molar-refractivity contribution in [3.63, 3.8) is 0 Å². The van der Waals surface area contributed by atoms with E-state index in [1.807, 2.05) is 0 Å². The normalized spacial score (nSPS) is 15.8. The molecule has 1 N–H and O–H groups in total. The molecule has 1 aromatic heterocycles. The highest BCUT2D eigenvalue weighted by molar-refractivity contribution is 7.12. The molecule has 0 aliphatic carbocycles. The van der Waals surface area contributed by atoms with Gasteiger partial charge in [-0.25, -0.2) is 4.79 Å². The summed E-state index contributed by atoms with van der Waals surface area (Å²) in [6.45, 7) is 1.43. The maximum atomic E-state index is 12.5. The number of nitrogens with zero attached hydrogens (tertiary/aromatic N) is 2. The van der Waals surface area contributed by atoms with E-state index in [1.54, 1.807) is 17.5 Å². The van der Waals surface area contributed by atoms with E-state index in [2.05, 4.69) is 5.32 Å². The Bertz CT molecular complexity index is 943. The SMILES string of the molecule is Cc1c(NC(=O)COC(=O)[C@@H]2CCCN2C(=O)c2cccs2)cccc1[N+](=O)[O-]. The van der Waals surface area contributed by atoms with E-state index in [0.29, 0.717) is 29.8 Å². The van der Waals surface area contributed by atoms with Crippen LogP contribution in [0.25, 0.3) is 0 Å². The van der Waals surface area contributed by atoms with Crippen molar-refractivity contribution in [2.45, 2.75) is 25.8 Å². The average molecular weight is 417 g/mol. The average Bonchev–Trinajstić information content (AvgIpc) is 3.39. The summed E-state index contributed by atoms with van der Waals surface area (Å²) in [6.07, 6.45) is 1.15. The van der Waals surface area contributed by atoms with Crippen molar-refractivity contribution in [2.75, 3.05) is 18.5 Å². The fraction of sp³-hybridized carbons (Fsp3) is 0.316. The Kier molecular flexibility index (Phi) is 6.23. The summed E-state index contributed by atoms with van der Waals surface area (Å²) >= 11 is 1.30. The second kappa shape index (κ2) is 8.82. The smallest absolute Gasteiger partial charge is 0.329 e. The van der Waals surface area contributed by atoms with Crippen molar-refractivity contribution in [1.29, 1.82) is 0 Å². The molecule has 0 saturated carbocycles. The largest absolute Gasteiger partial charge is 0.454 e. The number of hydrogen-bond donors (Lipinski definition) is 1. The lowest BCUT2D eigenvalue weighted by Gasteiger charge is -2.22. The molecule has 29 heavy (non-hydrogen) atoms. The predicted molar refractivity (Wildman–Crippen MR) is 106 cm³/mol. The van der Waals surface area contributed by atoms with E-state index in [1.165, 1.54) is 41.4 Å². The molecule has 1 saturated heterocycles. The number of nitro groups is 1. The third kappa shape index (κ3) is 4.60. The third-order valence-electron chi connectivity index (χ3n) is 4.64. The molecule has 1 fully saturated rings. The number of nitrogens with one attached hydrogen (secondary N) is 1. The molecule has 0 spiro atoms. The zero-order valence-corrected chi connectivity index (χ0v) is 16.4. The second-order valence-electron chi connectivity index (χ2n) is 6.50. The van der Waals surface area contributed by atoms with Crippen LogP contribution in [-0.4, -0.2) is 46.8 Å². The van der Waals surface area contributed by atoms with E-state index in [-0.39, 0.29) is 17.3 Å². The number of hydrogen-bond acceptors (Lipinski definition) is 7. The van der Waals surface area contributed by atoms with Crippen molar-refractivity contribution >= 4 is 40.5 Å². The summed E-state index contributed by atoms with van der Waals surface area (Å²) in [6, 6.07) is 7.06. The molecule has 1 atom stereocenters. The summed E-state index contributed by atoms with van der Waals surface area (Å²) in [5.41, 5.74) is 0.463. The lowest BCUT2D eigenvalue weighted by molar-refractivity contribution is -0.385. The quantitative estimate of drug-likeness (QED) is 0.439. The van der Waals surface area contributed by atoms with E-state index in [4.69, 9.17) is 4.74 Å². The summed E-state index contributed by atoms with van der Waals surface area (Å²) in [4.78, 5) is 49.5. The second-order valence-corrected chi connectivity index (χ2v) is 7.44. The van der Waals surface area contributed by atoms with Crippen molar-refractivity contribution < 1.29 is 24.0 Å². The van der Waals surface area contributed by atoms with Gasteiger partial charge in [0.15, 0.2) is 6.61 Å². The molecule has 1 aromatic carbocycles. The molecule has 10 heteroatoms. The Morgan fingerprint density at radius 2 is 2.10 bits per heavy atom. The van der Waals surface area contributed by atoms with Gasteiger partial charge in [0.05, 0.1) is 21.1 Å². The van der Waals surface area contributed by atoms with Crippen molar-refractivity contribution in [1.82, 2.24) is 4.90 Å². The van der Waals surface area contributed by atoms with Crippen LogP contribution in [0, 0.1) is 17.0 Å². The summed E-state index contributed by atoms with van der Waals surface area (Å²) < 4.78 is 5.10. The molecule has 1 aliphatic heterocycles. The minimum Gasteiger partial charge on any atom is -0.454 e. The van der Waals surface area contributed by atoms with Crippen molar-refractivity contribution in [3.05, 3.63) is 56.3 Å². The van der Waals surface area contributed by atoms with Gasteiger partial charge in [0.25, 0.3) is 17.5 Å². The first-order chi connectivity index (χ1) is 13.9. The Balaban J connectivity index is 1.57. The Morgan fingerprint density at radius 3 is 2.79 bits per heavy atom. The van der Waals surface area contributed by atoms with Crippen LogP contribution in [0.3, 0.4) is 0 Å². The van der Waals surface area contributed by atoms with E-state index >= 15 is 0 Å². The highest BCUT2D eigenvalue weighted by Gasteiger charge is 2.36. The molecule has 3 rings (SSSR count). The van der Waals surface area contributed by atoms with E-state index in [0.717, 1.165) is 0 Å². The number of thiophene rings is 1. The molecule has 2 aromatic rings. The lowest BCUT2D eigenvalue weighted by atomic mass is 10.1. The number of benzene rings is 1. The monoisotopic (exact) mass is 417 g/mol. The van der Waals surface area contributed by atoms with Crippen LogP contribution in [0.15, 0.2) is 35.7 Å². The molecule has 9 nitrogen and oxygen atoms in total. The highest BCUT2D eigenvalue weighted by Crippen LogP contribution is 2.25. The van der Waals surface area contributed by atoms with Crippen LogP contribution in [0.5, 0.6) is 0 Å². The number of anilines is 1. The maximum Gasteiger partial charge on any atom is 0.329 e. The minimum absolute atomic E-state index is 0.117. The first-order valence-electron chi connectivity index (χ1n) is 8.93. The predicted octanol–water partition coefficient (Wildman–Crippen LogP) is 2.75. The zero-order valence-electron chi connectivity index (χ0n) is 15.6. The zero-order chi connectivity index (χ0) is 21.0. The van der Waals surface area contributed by atoms with Crippen LogP contribution in [0.2, 0.25) is 0 Å². The van der Waals surface area contributed by atoms with Crippen molar-refractivity contribution in [3.8, 4) is 0 Å². The van der Waals surface area contributed by atoms with Gasteiger partial charge in [-0.15, -0.1) is 11.3 Å². The Hall–Kier alpha value is -3.27. The summed E-state index contributed by atoms with van der Waals surface area (Å²) in [5, 5.41) is 15.3. The van der Waals surface area contributed by atoms with E-state index in [9.17, 15) is 24.5 Å². The van der Waals surface area contributed by atoms with Gasteiger partial charge in [0, 0.05) is 12.6 Å². The number of amides is 2. The van der Waals surface area contributed by atoms with Crippen LogP contribution in [-0.2, 0) is 14.3 Å². The number of nitro benzene ring substituents is 1. The van der Waals surface area contributed by atoms with Gasteiger partial charge in [0.2, 0.25) is 0 Å². The lowest BCUT2D eigenvalue weighted by Crippen LogP contribution is -2.41. The van der Waals surface area contributed by atoms with Crippen LogP contribution in [0.1, 0.15) is 28.1 Å². The maximum absolute atomic E-state index is 12.5.